The maximum atomic E-state index is 5.21. The Morgan fingerprint density at radius 3 is 2.79 bits per heavy atom. The maximum Gasteiger partial charge on any atom is 0.141 e. The number of pyridine rings is 1. The van der Waals surface area contributed by atoms with Crippen LogP contribution in [0.1, 0.15) is 35.9 Å². The fraction of sp³-hybridized carbons (Fsp3) is 0.467. The zero-order chi connectivity index (χ0) is 13.2. The summed E-state index contributed by atoms with van der Waals surface area (Å²) in [5.41, 5.74) is 4.26. The van der Waals surface area contributed by atoms with Crippen LogP contribution in [0.2, 0.25) is 0 Å². The van der Waals surface area contributed by atoms with Crippen molar-refractivity contribution >= 4 is 0 Å². The summed E-state index contributed by atoms with van der Waals surface area (Å²) in [7, 11) is 0. The molecule has 0 aliphatic carbocycles. The molecule has 100 valence electrons. The second-order valence-corrected chi connectivity index (χ2v) is 5.21. The van der Waals surface area contributed by atoms with E-state index in [0.717, 1.165) is 35.7 Å². The Balaban J connectivity index is 1.86. The molecule has 4 nitrogen and oxygen atoms in total. The highest BCUT2D eigenvalue weighted by molar-refractivity contribution is 5.66. The van der Waals surface area contributed by atoms with Crippen LogP contribution in [0.25, 0.3) is 11.1 Å². The summed E-state index contributed by atoms with van der Waals surface area (Å²) in [4.78, 5) is 4.63. The van der Waals surface area contributed by atoms with Gasteiger partial charge in [0.2, 0.25) is 0 Å². The van der Waals surface area contributed by atoms with Crippen LogP contribution in [0.4, 0.5) is 0 Å². The predicted octanol–water partition coefficient (Wildman–Crippen LogP) is 2.82. The molecule has 0 amide bonds. The quantitative estimate of drug-likeness (QED) is 0.898. The topological polar surface area (TPSA) is 51.0 Å². The van der Waals surface area contributed by atoms with Gasteiger partial charge in [-0.05, 0) is 39.3 Å². The molecular formula is C15H19N3O. The van der Waals surface area contributed by atoms with Gasteiger partial charge in [0.25, 0.3) is 0 Å². The molecule has 1 aliphatic rings. The number of hydrogen-bond donors (Lipinski definition) is 1. The van der Waals surface area contributed by atoms with E-state index in [1.54, 1.807) is 0 Å². The van der Waals surface area contributed by atoms with E-state index >= 15 is 0 Å². The van der Waals surface area contributed by atoms with Crippen molar-refractivity contribution in [1.29, 1.82) is 0 Å². The molecule has 3 rings (SSSR count). The molecule has 0 unspecified atom stereocenters. The number of aromatic nitrogens is 2. The summed E-state index contributed by atoms with van der Waals surface area (Å²) in [6.45, 7) is 6.07. The predicted molar refractivity (Wildman–Crippen MR) is 74.1 cm³/mol. The minimum Gasteiger partial charge on any atom is -0.361 e. The van der Waals surface area contributed by atoms with Gasteiger partial charge in [-0.3, -0.25) is 4.98 Å². The summed E-state index contributed by atoms with van der Waals surface area (Å²) in [5.74, 6) is 1.40. The summed E-state index contributed by atoms with van der Waals surface area (Å²) >= 11 is 0. The van der Waals surface area contributed by atoms with E-state index in [0.29, 0.717) is 5.92 Å². The maximum absolute atomic E-state index is 5.21. The highest BCUT2D eigenvalue weighted by Crippen LogP contribution is 2.28. The van der Waals surface area contributed by atoms with Gasteiger partial charge < -0.3 is 9.84 Å². The van der Waals surface area contributed by atoms with Crippen LogP contribution in [0, 0.1) is 13.8 Å². The van der Waals surface area contributed by atoms with Gasteiger partial charge in [-0.25, -0.2) is 0 Å². The number of hydrogen-bond acceptors (Lipinski definition) is 4. The Morgan fingerprint density at radius 2 is 2.21 bits per heavy atom. The third-order valence-electron chi connectivity index (χ3n) is 3.82. The van der Waals surface area contributed by atoms with Crippen molar-refractivity contribution in [3.8, 4) is 11.1 Å². The van der Waals surface area contributed by atoms with Gasteiger partial charge in [0, 0.05) is 35.5 Å². The molecule has 1 fully saturated rings. The molecule has 0 bridgehead atoms. The Labute approximate surface area is 113 Å². The monoisotopic (exact) mass is 257 g/mol. The lowest BCUT2D eigenvalue weighted by atomic mass is 9.95. The van der Waals surface area contributed by atoms with E-state index in [1.165, 1.54) is 18.5 Å². The van der Waals surface area contributed by atoms with E-state index in [-0.39, 0.29) is 0 Å². The lowest BCUT2D eigenvalue weighted by Crippen LogP contribution is -2.28. The van der Waals surface area contributed by atoms with Crippen molar-refractivity contribution in [2.45, 2.75) is 32.6 Å². The van der Waals surface area contributed by atoms with Gasteiger partial charge in [0.15, 0.2) is 0 Å². The second kappa shape index (κ2) is 5.13. The standard InChI is InChI=1S/C15H19N3O/c1-10-15(11(2)19-18-10)13-5-6-14(17-9-13)12-4-3-7-16-8-12/h5-6,9,12,16H,3-4,7-8H2,1-2H3/t12-/m0/s1. The average molecular weight is 257 g/mol. The molecular weight excluding hydrogens is 238 g/mol. The van der Waals surface area contributed by atoms with Crippen LogP contribution < -0.4 is 5.32 Å². The Bertz CT molecular complexity index is 534. The highest BCUT2D eigenvalue weighted by atomic mass is 16.5. The molecule has 1 N–H and O–H groups in total. The molecule has 2 aromatic rings. The average Bonchev–Trinajstić information content (AvgIpc) is 2.79. The minimum atomic E-state index is 0.549. The first-order valence-electron chi connectivity index (χ1n) is 6.85. The van der Waals surface area contributed by atoms with Gasteiger partial charge >= 0.3 is 0 Å². The van der Waals surface area contributed by atoms with Crippen molar-refractivity contribution in [1.82, 2.24) is 15.5 Å². The van der Waals surface area contributed by atoms with Crippen LogP contribution >= 0.6 is 0 Å². The van der Waals surface area contributed by atoms with Gasteiger partial charge in [0.1, 0.15) is 5.76 Å². The smallest absolute Gasteiger partial charge is 0.141 e. The van der Waals surface area contributed by atoms with E-state index in [1.807, 2.05) is 20.0 Å². The molecule has 0 aromatic carbocycles. The third-order valence-corrected chi connectivity index (χ3v) is 3.82. The number of piperidine rings is 1. The molecule has 0 radical (unpaired) electrons. The zero-order valence-corrected chi connectivity index (χ0v) is 11.4. The van der Waals surface area contributed by atoms with Crippen LogP contribution in [0.3, 0.4) is 0 Å². The molecule has 1 atom stereocenters. The Morgan fingerprint density at radius 1 is 1.32 bits per heavy atom. The first-order valence-corrected chi connectivity index (χ1v) is 6.85. The number of nitrogens with one attached hydrogen (secondary N) is 1. The van der Waals surface area contributed by atoms with Gasteiger partial charge in [-0.15, -0.1) is 0 Å². The van der Waals surface area contributed by atoms with Crippen molar-refractivity contribution in [3.63, 3.8) is 0 Å². The van der Waals surface area contributed by atoms with Crippen molar-refractivity contribution in [2.75, 3.05) is 13.1 Å². The summed E-state index contributed by atoms with van der Waals surface area (Å²) in [5, 5.41) is 7.42. The van der Waals surface area contributed by atoms with Crippen LogP contribution in [-0.4, -0.2) is 23.2 Å². The Kier molecular flexibility index (Phi) is 3.34. The number of aryl methyl sites for hydroxylation is 2. The molecule has 0 spiro atoms. The first-order chi connectivity index (χ1) is 9.25. The van der Waals surface area contributed by atoms with E-state index in [9.17, 15) is 0 Å². The number of nitrogens with zero attached hydrogens (tertiary/aromatic N) is 2. The van der Waals surface area contributed by atoms with Crippen LogP contribution in [0.15, 0.2) is 22.9 Å². The summed E-state index contributed by atoms with van der Waals surface area (Å²) in [6.07, 6.45) is 4.40. The van der Waals surface area contributed by atoms with Crippen LogP contribution in [-0.2, 0) is 0 Å². The normalized spacial score (nSPS) is 19.6. The summed E-state index contributed by atoms with van der Waals surface area (Å²) in [6, 6.07) is 4.27. The minimum absolute atomic E-state index is 0.549. The fourth-order valence-corrected chi connectivity index (χ4v) is 2.79. The molecule has 0 saturated carbocycles. The van der Waals surface area contributed by atoms with Crippen molar-refractivity contribution in [2.24, 2.45) is 0 Å². The SMILES string of the molecule is Cc1noc(C)c1-c1ccc([C@H]2CCCNC2)nc1. The molecule has 2 aromatic heterocycles. The highest BCUT2D eigenvalue weighted by Gasteiger charge is 2.17. The van der Waals surface area contributed by atoms with Gasteiger partial charge in [0.05, 0.1) is 5.69 Å². The molecule has 1 aliphatic heterocycles. The van der Waals surface area contributed by atoms with Crippen molar-refractivity contribution < 1.29 is 4.52 Å². The van der Waals surface area contributed by atoms with E-state index < -0.39 is 0 Å². The third kappa shape index (κ3) is 2.40. The van der Waals surface area contributed by atoms with Crippen LogP contribution in [0.5, 0.6) is 0 Å². The van der Waals surface area contributed by atoms with E-state index in [4.69, 9.17) is 4.52 Å². The summed E-state index contributed by atoms with van der Waals surface area (Å²) < 4.78 is 5.21. The largest absolute Gasteiger partial charge is 0.361 e. The molecule has 3 heterocycles. The molecule has 19 heavy (non-hydrogen) atoms. The first kappa shape index (κ1) is 12.4. The lowest BCUT2D eigenvalue weighted by molar-refractivity contribution is 0.393. The zero-order valence-electron chi connectivity index (χ0n) is 11.4. The Hall–Kier alpha value is -1.68. The van der Waals surface area contributed by atoms with E-state index in [2.05, 4.69) is 27.6 Å². The number of rotatable bonds is 2. The second-order valence-electron chi connectivity index (χ2n) is 5.21. The van der Waals surface area contributed by atoms with Gasteiger partial charge in [-0.1, -0.05) is 11.2 Å². The lowest BCUT2D eigenvalue weighted by Gasteiger charge is -2.22. The molecule has 4 heteroatoms. The fourth-order valence-electron chi connectivity index (χ4n) is 2.79. The van der Waals surface area contributed by atoms with Gasteiger partial charge in [-0.2, -0.15) is 0 Å². The molecule has 1 saturated heterocycles. The van der Waals surface area contributed by atoms with Crippen molar-refractivity contribution in [3.05, 3.63) is 35.5 Å².